The average Bonchev–Trinajstić information content (AvgIpc) is 3.41. The van der Waals surface area contributed by atoms with Gasteiger partial charge in [0, 0.05) is 36.0 Å². The van der Waals surface area contributed by atoms with Crippen molar-refractivity contribution in [3.63, 3.8) is 0 Å². The van der Waals surface area contributed by atoms with Crippen molar-refractivity contribution >= 4 is 23.2 Å². The van der Waals surface area contributed by atoms with Crippen LogP contribution in [0.4, 0.5) is 11.4 Å². The van der Waals surface area contributed by atoms with E-state index in [1.807, 2.05) is 24.3 Å². The van der Waals surface area contributed by atoms with Gasteiger partial charge in [0.05, 0.1) is 16.9 Å². The van der Waals surface area contributed by atoms with Crippen LogP contribution >= 0.6 is 0 Å². The summed E-state index contributed by atoms with van der Waals surface area (Å²) in [6, 6.07) is 14.6. The van der Waals surface area contributed by atoms with Gasteiger partial charge in [-0.3, -0.25) is 9.59 Å². The second-order valence-electron chi connectivity index (χ2n) is 8.42. The molecule has 1 aliphatic rings. The Bertz CT molecular complexity index is 1330. The van der Waals surface area contributed by atoms with Crippen LogP contribution < -0.4 is 10.6 Å². The predicted molar refractivity (Wildman–Crippen MR) is 127 cm³/mol. The Labute approximate surface area is 196 Å². The van der Waals surface area contributed by atoms with E-state index in [-0.39, 0.29) is 11.8 Å². The summed E-state index contributed by atoms with van der Waals surface area (Å²) < 4.78 is 7.08. The molecule has 2 aromatic carbocycles. The number of carbonyl (C=O) groups is 2. The lowest BCUT2D eigenvalue weighted by Gasteiger charge is -2.20. The second kappa shape index (κ2) is 8.93. The molecule has 2 amide bonds. The fraction of sp³-hybridized carbons (Fsp3) is 0.240. The van der Waals surface area contributed by atoms with Crippen LogP contribution in [0.2, 0.25) is 0 Å². The molecule has 0 radical (unpaired) electrons. The highest BCUT2D eigenvalue weighted by atomic mass is 16.5. The van der Waals surface area contributed by atoms with Crippen LogP contribution in [-0.2, 0) is 4.79 Å². The molecule has 1 aliphatic carbocycles. The second-order valence-corrected chi connectivity index (χ2v) is 8.42. The molecule has 34 heavy (non-hydrogen) atoms. The molecule has 2 N–H and O–H groups in total. The molecule has 0 spiro atoms. The van der Waals surface area contributed by atoms with Gasteiger partial charge in [-0.05, 0) is 68.3 Å². The molecule has 172 valence electrons. The van der Waals surface area contributed by atoms with Crippen molar-refractivity contribution in [2.75, 3.05) is 10.6 Å². The van der Waals surface area contributed by atoms with E-state index in [2.05, 4.69) is 25.9 Å². The summed E-state index contributed by atoms with van der Waals surface area (Å²) in [7, 11) is 0. The molecule has 0 saturated heterocycles. The van der Waals surface area contributed by atoms with Gasteiger partial charge >= 0.3 is 0 Å². The van der Waals surface area contributed by atoms with Gasteiger partial charge in [0.15, 0.2) is 0 Å². The van der Waals surface area contributed by atoms with Crippen molar-refractivity contribution in [2.24, 2.45) is 0 Å². The van der Waals surface area contributed by atoms with E-state index in [0.29, 0.717) is 40.3 Å². The van der Waals surface area contributed by atoms with Gasteiger partial charge in [0.1, 0.15) is 0 Å². The summed E-state index contributed by atoms with van der Waals surface area (Å²) in [6.07, 6.45) is 5.13. The molecule has 0 unspecified atom stereocenters. The SMILES string of the molecule is CC(=O)Nc1ccc(NC(=O)c2cn(-c3ccc(-c4noc(C5CCC5)n4)cc3)nc2C)cc1. The quantitative estimate of drug-likeness (QED) is 0.434. The number of anilines is 2. The summed E-state index contributed by atoms with van der Waals surface area (Å²) in [4.78, 5) is 28.5. The van der Waals surface area contributed by atoms with Crippen LogP contribution in [0.1, 0.15) is 54.0 Å². The summed E-state index contributed by atoms with van der Waals surface area (Å²) in [5, 5.41) is 14.2. The number of nitrogens with one attached hydrogen (secondary N) is 2. The Morgan fingerprint density at radius 1 is 1.00 bits per heavy atom. The lowest BCUT2D eigenvalue weighted by Crippen LogP contribution is -2.12. The zero-order valence-electron chi connectivity index (χ0n) is 18.9. The molecule has 0 atom stereocenters. The molecule has 0 aliphatic heterocycles. The van der Waals surface area contributed by atoms with Crippen molar-refractivity contribution < 1.29 is 14.1 Å². The molecule has 9 nitrogen and oxygen atoms in total. The van der Waals surface area contributed by atoms with Crippen molar-refractivity contribution in [3.05, 3.63) is 71.9 Å². The monoisotopic (exact) mass is 456 g/mol. The van der Waals surface area contributed by atoms with E-state index in [9.17, 15) is 9.59 Å². The molecule has 4 aromatic rings. The van der Waals surface area contributed by atoms with Crippen molar-refractivity contribution in [1.82, 2.24) is 19.9 Å². The van der Waals surface area contributed by atoms with Gasteiger partial charge in [-0.2, -0.15) is 10.1 Å². The molecule has 2 aromatic heterocycles. The van der Waals surface area contributed by atoms with E-state index < -0.39 is 0 Å². The normalized spacial score (nSPS) is 13.4. The molecule has 0 bridgehead atoms. The Hall–Kier alpha value is -4.27. The minimum atomic E-state index is -0.261. The lowest BCUT2D eigenvalue weighted by atomic mass is 9.85. The van der Waals surface area contributed by atoms with E-state index in [4.69, 9.17) is 4.52 Å². The van der Waals surface area contributed by atoms with Gasteiger partial charge in [0.2, 0.25) is 17.6 Å². The van der Waals surface area contributed by atoms with E-state index >= 15 is 0 Å². The number of carbonyl (C=O) groups excluding carboxylic acids is 2. The van der Waals surface area contributed by atoms with E-state index in [1.165, 1.54) is 13.3 Å². The summed E-state index contributed by atoms with van der Waals surface area (Å²) in [6.45, 7) is 3.24. The van der Waals surface area contributed by atoms with Gasteiger partial charge in [-0.25, -0.2) is 4.68 Å². The van der Waals surface area contributed by atoms with Crippen LogP contribution in [0.25, 0.3) is 17.1 Å². The Balaban J connectivity index is 1.28. The highest BCUT2D eigenvalue weighted by molar-refractivity contribution is 6.05. The smallest absolute Gasteiger partial charge is 0.259 e. The molecule has 9 heteroatoms. The molecular weight excluding hydrogens is 432 g/mol. The van der Waals surface area contributed by atoms with Crippen LogP contribution in [0.3, 0.4) is 0 Å². The molecular formula is C25H24N6O3. The number of aromatic nitrogens is 4. The molecule has 1 saturated carbocycles. The highest BCUT2D eigenvalue weighted by Gasteiger charge is 2.25. The van der Waals surface area contributed by atoms with Crippen LogP contribution in [0.15, 0.2) is 59.3 Å². The highest BCUT2D eigenvalue weighted by Crippen LogP contribution is 2.36. The maximum absolute atomic E-state index is 12.8. The van der Waals surface area contributed by atoms with E-state index in [0.717, 1.165) is 24.1 Å². The number of hydrogen-bond acceptors (Lipinski definition) is 6. The fourth-order valence-electron chi connectivity index (χ4n) is 3.79. The Kier molecular flexibility index (Phi) is 5.67. The summed E-state index contributed by atoms with van der Waals surface area (Å²) >= 11 is 0. The van der Waals surface area contributed by atoms with Crippen LogP contribution in [0.5, 0.6) is 0 Å². The number of rotatable bonds is 6. The standard InChI is InChI=1S/C25H24N6O3/c1-15-22(24(33)27-20-10-8-19(9-11-20)26-16(2)32)14-31(29-15)21-12-6-17(7-13-21)23-28-25(34-30-23)18-4-3-5-18/h6-14,18H,3-5H2,1-2H3,(H,26,32)(H,27,33). The first kappa shape index (κ1) is 21.6. The predicted octanol–water partition coefficient (Wildman–Crippen LogP) is 4.71. The number of hydrogen-bond donors (Lipinski definition) is 2. The maximum atomic E-state index is 12.8. The molecule has 5 rings (SSSR count). The van der Waals surface area contributed by atoms with Crippen LogP contribution in [0, 0.1) is 6.92 Å². The number of aryl methyl sites for hydroxylation is 1. The molecule has 1 fully saturated rings. The minimum absolute atomic E-state index is 0.149. The molecule has 2 heterocycles. The topological polar surface area (TPSA) is 115 Å². The largest absolute Gasteiger partial charge is 0.339 e. The fourth-order valence-corrected chi connectivity index (χ4v) is 3.79. The number of amides is 2. The van der Waals surface area contributed by atoms with Crippen LogP contribution in [-0.4, -0.2) is 31.7 Å². The summed E-state index contributed by atoms with van der Waals surface area (Å²) in [5.41, 5.74) is 4.05. The third-order valence-corrected chi connectivity index (χ3v) is 5.89. The maximum Gasteiger partial charge on any atom is 0.259 e. The van der Waals surface area contributed by atoms with Gasteiger partial charge in [-0.1, -0.05) is 11.6 Å². The van der Waals surface area contributed by atoms with Crippen molar-refractivity contribution in [3.8, 4) is 17.1 Å². The Morgan fingerprint density at radius 2 is 1.68 bits per heavy atom. The zero-order valence-corrected chi connectivity index (χ0v) is 18.9. The lowest BCUT2D eigenvalue weighted by molar-refractivity contribution is -0.114. The number of benzene rings is 2. The third-order valence-electron chi connectivity index (χ3n) is 5.89. The minimum Gasteiger partial charge on any atom is -0.339 e. The average molecular weight is 457 g/mol. The third kappa shape index (κ3) is 4.45. The van der Waals surface area contributed by atoms with Gasteiger partial charge in [-0.15, -0.1) is 0 Å². The van der Waals surface area contributed by atoms with Gasteiger partial charge < -0.3 is 15.2 Å². The first-order chi connectivity index (χ1) is 16.5. The number of nitrogens with zero attached hydrogens (tertiary/aromatic N) is 4. The zero-order chi connectivity index (χ0) is 23.7. The first-order valence-corrected chi connectivity index (χ1v) is 11.2. The van der Waals surface area contributed by atoms with Crippen molar-refractivity contribution in [1.29, 1.82) is 0 Å². The first-order valence-electron chi connectivity index (χ1n) is 11.2. The van der Waals surface area contributed by atoms with E-state index in [1.54, 1.807) is 42.1 Å². The van der Waals surface area contributed by atoms with Crippen molar-refractivity contribution in [2.45, 2.75) is 39.0 Å². The Morgan fingerprint density at radius 3 is 2.29 bits per heavy atom. The van der Waals surface area contributed by atoms with Gasteiger partial charge in [0.25, 0.3) is 5.91 Å². The summed E-state index contributed by atoms with van der Waals surface area (Å²) in [5.74, 6) is 1.28.